The van der Waals surface area contributed by atoms with Crippen molar-refractivity contribution < 1.29 is 17.9 Å². The molecule has 9 heteroatoms. The fourth-order valence-corrected chi connectivity index (χ4v) is 3.63. The van der Waals surface area contributed by atoms with Gasteiger partial charge in [-0.05, 0) is 42.5 Å². The van der Waals surface area contributed by atoms with Gasteiger partial charge in [-0.1, -0.05) is 23.2 Å². The van der Waals surface area contributed by atoms with Crippen molar-refractivity contribution in [2.75, 3.05) is 22.4 Å². The molecule has 2 aromatic carbocycles. The lowest BCUT2D eigenvalue weighted by Crippen LogP contribution is -2.48. The third-order valence-corrected chi connectivity index (χ3v) is 5.23. The monoisotopic (exact) mass is 400 g/mol. The van der Waals surface area contributed by atoms with Crippen molar-refractivity contribution in [3.63, 3.8) is 0 Å². The Labute approximate surface area is 155 Å². The van der Waals surface area contributed by atoms with Crippen LogP contribution < -0.4 is 14.4 Å². The molecule has 0 fully saturated rings. The van der Waals surface area contributed by atoms with Gasteiger partial charge in [0.2, 0.25) is 10.0 Å². The summed E-state index contributed by atoms with van der Waals surface area (Å²) >= 11 is 11.8. The molecule has 0 bridgehead atoms. The van der Waals surface area contributed by atoms with Crippen molar-refractivity contribution in [1.82, 2.24) is 0 Å². The molecule has 1 heterocycles. The summed E-state index contributed by atoms with van der Waals surface area (Å²) in [6.45, 7) is -0.147. The number of fused-ring (bicyclic) bond motifs is 1. The zero-order valence-electron chi connectivity index (χ0n) is 13.1. The molecule has 0 spiro atoms. The van der Waals surface area contributed by atoms with Crippen molar-refractivity contribution in [3.8, 4) is 5.75 Å². The molecule has 1 N–H and O–H groups in total. The fourth-order valence-electron chi connectivity index (χ4n) is 2.43. The third kappa shape index (κ3) is 4.00. The van der Waals surface area contributed by atoms with Crippen LogP contribution in [-0.2, 0) is 14.8 Å². The SMILES string of the molecule is CS(=O)(=O)N1C[C@@H](C(=O)Nc2ccc(Cl)cc2)Oc2ccc(Cl)cc21. The number of amides is 1. The molecule has 0 radical (unpaired) electrons. The minimum atomic E-state index is -3.60. The zero-order chi connectivity index (χ0) is 18.2. The second-order valence-electron chi connectivity index (χ2n) is 5.51. The molecule has 1 amide bonds. The maximum Gasteiger partial charge on any atom is 0.267 e. The fraction of sp³-hybridized carbons (Fsp3) is 0.188. The van der Waals surface area contributed by atoms with Gasteiger partial charge in [0.15, 0.2) is 6.10 Å². The van der Waals surface area contributed by atoms with Gasteiger partial charge in [-0.3, -0.25) is 9.10 Å². The Morgan fingerprint density at radius 2 is 1.80 bits per heavy atom. The van der Waals surface area contributed by atoms with Crippen LogP contribution in [0.2, 0.25) is 10.0 Å². The van der Waals surface area contributed by atoms with Crippen molar-refractivity contribution in [2.24, 2.45) is 0 Å². The summed E-state index contributed by atoms with van der Waals surface area (Å²) in [7, 11) is -3.60. The van der Waals surface area contributed by atoms with E-state index in [1.807, 2.05) is 0 Å². The lowest BCUT2D eigenvalue weighted by Gasteiger charge is -2.34. The van der Waals surface area contributed by atoms with Gasteiger partial charge in [-0.25, -0.2) is 8.42 Å². The molecule has 1 atom stereocenters. The molecule has 6 nitrogen and oxygen atoms in total. The summed E-state index contributed by atoms with van der Waals surface area (Å²) in [6, 6.07) is 11.2. The van der Waals surface area contributed by atoms with Gasteiger partial charge in [-0.15, -0.1) is 0 Å². The van der Waals surface area contributed by atoms with Crippen molar-refractivity contribution in [2.45, 2.75) is 6.10 Å². The Morgan fingerprint density at radius 3 is 2.44 bits per heavy atom. The van der Waals surface area contributed by atoms with Crippen LogP contribution in [0.1, 0.15) is 0 Å². The largest absolute Gasteiger partial charge is 0.476 e. The summed E-state index contributed by atoms with van der Waals surface area (Å²) < 4.78 is 31.0. The molecule has 132 valence electrons. The number of nitrogens with one attached hydrogen (secondary N) is 1. The number of hydrogen-bond donors (Lipinski definition) is 1. The van der Waals surface area contributed by atoms with Gasteiger partial charge < -0.3 is 10.1 Å². The number of anilines is 2. The molecule has 1 aliphatic rings. The van der Waals surface area contributed by atoms with Gasteiger partial charge in [0.05, 0.1) is 18.5 Å². The van der Waals surface area contributed by atoms with E-state index < -0.39 is 22.0 Å². The first kappa shape index (κ1) is 17.8. The van der Waals surface area contributed by atoms with E-state index in [1.54, 1.807) is 30.3 Å². The average Bonchev–Trinajstić information content (AvgIpc) is 2.55. The van der Waals surface area contributed by atoms with Gasteiger partial charge in [-0.2, -0.15) is 0 Å². The molecule has 25 heavy (non-hydrogen) atoms. The Hall–Kier alpha value is -1.96. The summed E-state index contributed by atoms with van der Waals surface area (Å²) in [4.78, 5) is 12.5. The van der Waals surface area contributed by atoms with Gasteiger partial charge in [0, 0.05) is 15.7 Å². The highest BCUT2D eigenvalue weighted by molar-refractivity contribution is 7.92. The topological polar surface area (TPSA) is 75.7 Å². The van der Waals surface area contributed by atoms with E-state index in [1.165, 1.54) is 12.1 Å². The second-order valence-corrected chi connectivity index (χ2v) is 8.29. The Kier molecular flexibility index (Phi) is 4.81. The predicted octanol–water partition coefficient (Wildman–Crippen LogP) is 3.16. The van der Waals surface area contributed by atoms with Crippen LogP contribution in [0, 0.1) is 0 Å². The smallest absolute Gasteiger partial charge is 0.267 e. The van der Waals surface area contributed by atoms with Crippen LogP contribution in [0.5, 0.6) is 5.75 Å². The number of benzene rings is 2. The number of hydrogen-bond acceptors (Lipinski definition) is 4. The molecular formula is C16H14Cl2N2O4S. The van der Waals surface area contributed by atoms with E-state index in [4.69, 9.17) is 27.9 Å². The molecule has 3 rings (SSSR count). The maximum atomic E-state index is 12.5. The molecule has 0 saturated carbocycles. The highest BCUT2D eigenvalue weighted by Crippen LogP contribution is 2.37. The Bertz CT molecular complexity index is 916. The minimum Gasteiger partial charge on any atom is -0.476 e. The molecule has 0 aromatic heterocycles. The molecule has 1 aliphatic heterocycles. The number of carbonyl (C=O) groups is 1. The Morgan fingerprint density at radius 1 is 1.16 bits per heavy atom. The highest BCUT2D eigenvalue weighted by atomic mass is 35.5. The number of sulfonamides is 1. The highest BCUT2D eigenvalue weighted by Gasteiger charge is 2.35. The summed E-state index contributed by atoms with van der Waals surface area (Å²) in [6.07, 6.45) is 0.0658. The van der Waals surface area contributed by atoms with Gasteiger partial charge in [0.25, 0.3) is 5.91 Å². The maximum absolute atomic E-state index is 12.5. The molecule has 0 unspecified atom stereocenters. The van der Waals surface area contributed by atoms with Crippen molar-refractivity contribution in [3.05, 3.63) is 52.5 Å². The molecular weight excluding hydrogens is 387 g/mol. The van der Waals surface area contributed by atoms with E-state index in [-0.39, 0.29) is 12.3 Å². The normalized spacial score (nSPS) is 16.8. The summed E-state index contributed by atoms with van der Waals surface area (Å²) in [5, 5.41) is 3.60. The minimum absolute atomic E-state index is 0.147. The number of rotatable bonds is 3. The van der Waals surface area contributed by atoms with E-state index in [9.17, 15) is 13.2 Å². The second kappa shape index (κ2) is 6.74. The van der Waals surface area contributed by atoms with E-state index >= 15 is 0 Å². The van der Waals surface area contributed by atoms with Gasteiger partial charge >= 0.3 is 0 Å². The van der Waals surface area contributed by atoms with E-state index in [0.717, 1.165) is 10.6 Å². The average molecular weight is 401 g/mol. The first-order chi connectivity index (χ1) is 11.7. The molecule has 0 saturated heterocycles. The van der Waals surface area contributed by atoms with Crippen LogP contribution in [0.15, 0.2) is 42.5 Å². The number of carbonyl (C=O) groups excluding carboxylic acids is 1. The summed E-state index contributed by atoms with van der Waals surface area (Å²) in [5.41, 5.74) is 0.844. The number of nitrogens with zero attached hydrogens (tertiary/aromatic N) is 1. The van der Waals surface area contributed by atoms with Crippen LogP contribution in [0.4, 0.5) is 11.4 Å². The first-order valence-corrected chi connectivity index (χ1v) is 9.85. The predicted molar refractivity (Wildman–Crippen MR) is 98.1 cm³/mol. The van der Waals surface area contributed by atoms with Crippen LogP contribution in [0.25, 0.3) is 0 Å². The number of ether oxygens (including phenoxy) is 1. The molecule has 2 aromatic rings. The van der Waals surface area contributed by atoms with Crippen molar-refractivity contribution >= 4 is 50.5 Å². The first-order valence-electron chi connectivity index (χ1n) is 7.24. The van der Waals surface area contributed by atoms with E-state index in [2.05, 4.69) is 5.32 Å². The van der Waals surface area contributed by atoms with Crippen LogP contribution in [-0.4, -0.2) is 33.2 Å². The Balaban J connectivity index is 1.87. The number of halogens is 2. The zero-order valence-corrected chi connectivity index (χ0v) is 15.4. The summed E-state index contributed by atoms with van der Waals surface area (Å²) in [5.74, 6) is -0.186. The quantitative estimate of drug-likeness (QED) is 0.858. The van der Waals surface area contributed by atoms with E-state index in [0.29, 0.717) is 21.4 Å². The lowest BCUT2D eigenvalue weighted by atomic mass is 10.2. The molecule has 0 aliphatic carbocycles. The van der Waals surface area contributed by atoms with Crippen molar-refractivity contribution in [1.29, 1.82) is 0 Å². The van der Waals surface area contributed by atoms with Gasteiger partial charge in [0.1, 0.15) is 5.75 Å². The lowest BCUT2D eigenvalue weighted by molar-refractivity contribution is -0.122. The van der Waals surface area contributed by atoms with Crippen LogP contribution in [0.3, 0.4) is 0 Å². The standard InChI is InChI=1S/C16H14Cl2N2O4S/c1-25(22,23)20-9-15(24-14-7-4-11(18)8-13(14)20)16(21)19-12-5-2-10(17)3-6-12/h2-8,15H,9H2,1H3,(H,19,21)/t15-/m0/s1. The third-order valence-electron chi connectivity index (χ3n) is 3.60. The van der Waals surface area contributed by atoms with Crippen LogP contribution >= 0.6 is 23.2 Å².